The van der Waals surface area contributed by atoms with Gasteiger partial charge in [0.15, 0.2) is 0 Å². The molecule has 2 atom stereocenters. The van der Waals surface area contributed by atoms with Crippen LogP contribution in [0.1, 0.15) is 60.3 Å². The third-order valence-electron chi connectivity index (χ3n) is 3.99. The molecule has 18 heavy (non-hydrogen) atoms. The zero-order valence-electron chi connectivity index (χ0n) is 12.4. The summed E-state index contributed by atoms with van der Waals surface area (Å²) in [7, 11) is -1.11. The van der Waals surface area contributed by atoms with Gasteiger partial charge in [-0.1, -0.05) is 25.7 Å². The summed E-state index contributed by atoms with van der Waals surface area (Å²) in [5, 5.41) is 0. The summed E-state index contributed by atoms with van der Waals surface area (Å²) in [6, 6.07) is 0. The Balaban J connectivity index is 2.74. The van der Waals surface area contributed by atoms with E-state index >= 15 is 0 Å². The third-order valence-corrected chi connectivity index (χ3v) is 5.71. The van der Waals surface area contributed by atoms with Gasteiger partial charge < -0.3 is 0 Å². The first-order chi connectivity index (χ1) is 8.19. The second-order valence-corrected chi connectivity index (χ2v) is 8.75. The Hall–Kier alpha value is -0.330. The van der Waals surface area contributed by atoms with Crippen LogP contribution < -0.4 is 4.72 Å². The predicted octanol–water partition coefficient (Wildman–Crippen LogP) is 3.26. The molecule has 0 radical (unpaired) electrons. The zero-order valence-corrected chi connectivity index (χ0v) is 13.2. The molecule has 0 aromatic carbocycles. The van der Waals surface area contributed by atoms with Crippen LogP contribution in [0.2, 0.25) is 0 Å². The molecule has 3 heteroatoms. The number of rotatable bonds is 3. The molecular weight excluding hydrogens is 242 g/mol. The minimum absolute atomic E-state index is 0.278. The molecule has 0 aliphatic heterocycles. The summed E-state index contributed by atoms with van der Waals surface area (Å²) < 4.78 is 15.2. The molecule has 104 valence electrons. The molecule has 0 heterocycles. The summed E-state index contributed by atoms with van der Waals surface area (Å²) in [5.74, 6) is 4.10. The van der Waals surface area contributed by atoms with Gasteiger partial charge in [-0.2, -0.15) is 0 Å². The molecule has 0 aromatic rings. The highest BCUT2D eigenvalue weighted by Gasteiger charge is 2.37. The monoisotopic (exact) mass is 269 g/mol. The van der Waals surface area contributed by atoms with Crippen molar-refractivity contribution in [1.82, 2.24) is 4.72 Å². The minimum Gasteiger partial charge on any atom is -0.242 e. The van der Waals surface area contributed by atoms with Gasteiger partial charge in [0.25, 0.3) is 0 Å². The van der Waals surface area contributed by atoms with Gasteiger partial charge in [-0.05, 0) is 52.4 Å². The van der Waals surface area contributed by atoms with Gasteiger partial charge in [-0.25, -0.2) is 8.93 Å². The molecule has 0 aromatic heterocycles. The second kappa shape index (κ2) is 5.75. The molecular formula is C15H27NOS. The lowest BCUT2D eigenvalue weighted by atomic mass is 9.74. The average molecular weight is 269 g/mol. The first-order valence-corrected chi connectivity index (χ1v) is 8.01. The Bertz CT molecular complexity index is 344. The highest BCUT2D eigenvalue weighted by atomic mass is 32.2. The van der Waals surface area contributed by atoms with Gasteiger partial charge >= 0.3 is 0 Å². The summed E-state index contributed by atoms with van der Waals surface area (Å²) in [4.78, 5) is 0. The molecule has 1 rings (SSSR count). The smallest absolute Gasteiger partial charge is 0.0983 e. The van der Waals surface area contributed by atoms with Crippen LogP contribution in [0.5, 0.6) is 0 Å². The molecule has 0 saturated heterocycles. The van der Waals surface area contributed by atoms with Crippen molar-refractivity contribution in [1.29, 1.82) is 0 Å². The zero-order chi connectivity index (χ0) is 14.0. The van der Waals surface area contributed by atoms with Crippen molar-refractivity contribution < 1.29 is 4.21 Å². The van der Waals surface area contributed by atoms with E-state index in [4.69, 9.17) is 6.42 Å². The third kappa shape index (κ3) is 3.83. The molecule has 1 aliphatic rings. The highest BCUT2D eigenvalue weighted by Crippen LogP contribution is 2.35. The van der Waals surface area contributed by atoms with E-state index in [0.29, 0.717) is 5.92 Å². The van der Waals surface area contributed by atoms with Crippen molar-refractivity contribution >= 4 is 11.0 Å². The van der Waals surface area contributed by atoms with Crippen LogP contribution in [-0.2, 0) is 11.0 Å². The largest absolute Gasteiger partial charge is 0.242 e. The van der Waals surface area contributed by atoms with Gasteiger partial charge in [0.2, 0.25) is 0 Å². The number of nitrogens with one attached hydrogen (secondary N) is 1. The quantitative estimate of drug-likeness (QED) is 0.783. The molecule has 1 aliphatic carbocycles. The predicted molar refractivity (Wildman–Crippen MR) is 79.4 cm³/mol. The average Bonchev–Trinajstić information content (AvgIpc) is 2.28. The Morgan fingerprint density at radius 2 is 1.67 bits per heavy atom. The number of hydrogen-bond acceptors (Lipinski definition) is 1. The standard InChI is InChI=1S/C15H27NOS/c1-7-15(6,16-18(17)14(3,4)5)13-10-8-12(2)9-11-13/h1,12-13,16H,8-11H2,2-6H3/t12?,13?,15-,18+/m1/s1. The van der Waals surface area contributed by atoms with Crippen LogP contribution in [0.15, 0.2) is 0 Å². The van der Waals surface area contributed by atoms with Gasteiger partial charge in [-0.15, -0.1) is 6.42 Å². The van der Waals surface area contributed by atoms with E-state index in [-0.39, 0.29) is 4.75 Å². The van der Waals surface area contributed by atoms with Crippen LogP contribution in [0, 0.1) is 24.2 Å². The Morgan fingerprint density at radius 3 is 2.06 bits per heavy atom. The van der Waals surface area contributed by atoms with Crippen LogP contribution in [0.3, 0.4) is 0 Å². The Labute approximate surface area is 115 Å². The second-order valence-electron chi connectivity index (χ2n) is 6.79. The molecule has 0 bridgehead atoms. The van der Waals surface area contributed by atoms with Crippen molar-refractivity contribution in [2.75, 3.05) is 0 Å². The van der Waals surface area contributed by atoms with E-state index in [2.05, 4.69) is 17.6 Å². The van der Waals surface area contributed by atoms with E-state index in [1.165, 1.54) is 12.8 Å². The topological polar surface area (TPSA) is 29.1 Å². The van der Waals surface area contributed by atoms with Crippen LogP contribution >= 0.6 is 0 Å². The number of hydrogen-bond donors (Lipinski definition) is 1. The first-order valence-electron chi connectivity index (χ1n) is 6.86. The van der Waals surface area contributed by atoms with Crippen molar-refractivity contribution in [2.45, 2.75) is 70.6 Å². The first kappa shape index (κ1) is 15.7. The lowest BCUT2D eigenvalue weighted by Gasteiger charge is -2.39. The Kier molecular flexibility index (Phi) is 5.03. The molecule has 0 spiro atoms. The molecule has 1 N–H and O–H groups in total. The van der Waals surface area contributed by atoms with Gasteiger partial charge in [0, 0.05) is 0 Å². The van der Waals surface area contributed by atoms with Gasteiger partial charge in [0.05, 0.1) is 21.3 Å². The Morgan fingerprint density at radius 1 is 1.17 bits per heavy atom. The van der Waals surface area contributed by atoms with E-state index in [0.717, 1.165) is 18.8 Å². The summed E-state index contributed by atoms with van der Waals surface area (Å²) in [6.45, 7) is 10.2. The van der Waals surface area contributed by atoms with Crippen LogP contribution in [0.25, 0.3) is 0 Å². The maximum absolute atomic E-state index is 12.3. The lowest BCUT2D eigenvalue weighted by molar-refractivity contribution is 0.219. The van der Waals surface area contributed by atoms with Crippen molar-refractivity contribution in [3.8, 4) is 12.3 Å². The van der Waals surface area contributed by atoms with Crippen molar-refractivity contribution in [3.05, 3.63) is 0 Å². The molecule has 1 fully saturated rings. The maximum Gasteiger partial charge on any atom is 0.0983 e. The van der Waals surface area contributed by atoms with Crippen molar-refractivity contribution in [3.63, 3.8) is 0 Å². The molecule has 0 amide bonds. The SMILES string of the molecule is C#C[C@@](C)(N[S@@](=O)C(C)(C)C)C1CCC(C)CC1. The summed E-state index contributed by atoms with van der Waals surface area (Å²) in [5.41, 5.74) is -0.446. The van der Waals surface area contributed by atoms with Gasteiger partial charge in [0.1, 0.15) is 0 Å². The molecule has 1 saturated carbocycles. The van der Waals surface area contributed by atoms with E-state index in [1.807, 2.05) is 27.7 Å². The maximum atomic E-state index is 12.3. The number of terminal acetylenes is 1. The van der Waals surface area contributed by atoms with Gasteiger partial charge in [-0.3, -0.25) is 0 Å². The molecule has 2 nitrogen and oxygen atoms in total. The fraction of sp³-hybridized carbons (Fsp3) is 0.867. The molecule has 0 unspecified atom stereocenters. The minimum atomic E-state index is -1.11. The van der Waals surface area contributed by atoms with E-state index in [9.17, 15) is 4.21 Å². The van der Waals surface area contributed by atoms with Crippen LogP contribution in [-0.4, -0.2) is 14.5 Å². The van der Waals surface area contributed by atoms with E-state index in [1.54, 1.807) is 0 Å². The normalized spacial score (nSPS) is 30.2. The lowest BCUT2D eigenvalue weighted by Crippen LogP contribution is -2.52. The van der Waals surface area contributed by atoms with Crippen molar-refractivity contribution in [2.24, 2.45) is 11.8 Å². The summed E-state index contributed by atoms with van der Waals surface area (Å²) in [6.07, 6.45) is 10.4. The van der Waals surface area contributed by atoms with Crippen LogP contribution in [0.4, 0.5) is 0 Å². The summed E-state index contributed by atoms with van der Waals surface area (Å²) >= 11 is 0. The fourth-order valence-electron chi connectivity index (χ4n) is 2.41. The highest BCUT2D eigenvalue weighted by molar-refractivity contribution is 7.84. The fourth-order valence-corrected chi connectivity index (χ4v) is 3.33. The van der Waals surface area contributed by atoms with E-state index < -0.39 is 16.5 Å².